The van der Waals surface area contributed by atoms with Gasteiger partial charge in [-0.25, -0.2) is 18.3 Å². The van der Waals surface area contributed by atoms with Gasteiger partial charge in [0, 0.05) is 0 Å². The Labute approximate surface area is 142 Å². The zero-order chi connectivity index (χ0) is 18.6. The van der Waals surface area contributed by atoms with Crippen LogP contribution in [-0.2, 0) is 17.7 Å². The number of ether oxygens (including phenoxy) is 1. The molecule has 0 saturated heterocycles. The Morgan fingerprint density at radius 3 is 2.48 bits per heavy atom. The van der Waals surface area contributed by atoms with Gasteiger partial charge in [-0.05, 0) is 18.6 Å². The molecule has 1 heterocycles. The van der Waals surface area contributed by atoms with Gasteiger partial charge < -0.3 is 15.6 Å². The van der Waals surface area contributed by atoms with Crippen molar-refractivity contribution in [3.05, 3.63) is 46.7 Å². The molecule has 0 radical (unpaired) electrons. The van der Waals surface area contributed by atoms with Gasteiger partial charge in [0.1, 0.15) is 23.0 Å². The summed E-state index contributed by atoms with van der Waals surface area (Å²) in [4.78, 5) is 24.1. The standard InChI is InChI=1S/C16H17F2N3O4/c1-2-11-14(15(19)21(20-11)6-7-22)16(24)25-8-12(23)13-9(17)4-3-5-10(13)18/h3-5,22H,2,6-8,19H2,1H3. The number of nitrogens with zero attached hydrogens (tertiary/aromatic N) is 2. The number of anilines is 1. The van der Waals surface area contributed by atoms with Gasteiger partial charge in [0.2, 0.25) is 5.78 Å². The van der Waals surface area contributed by atoms with Crippen LogP contribution in [0, 0.1) is 11.6 Å². The molecule has 0 fully saturated rings. The van der Waals surface area contributed by atoms with Crippen LogP contribution < -0.4 is 5.73 Å². The topological polar surface area (TPSA) is 107 Å². The number of Topliss-reactive ketones (excluding diaryl/α,β-unsaturated/α-hetero) is 1. The van der Waals surface area contributed by atoms with Crippen LogP contribution in [0.3, 0.4) is 0 Å². The van der Waals surface area contributed by atoms with Crippen LogP contribution in [0.25, 0.3) is 0 Å². The molecule has 2 rings (SSSR count). The Morgan fingerprint density at radius 2 is 1.92 bits per heavy atom. The van der Waals surface area contributed by atoms with Crippen LogP contribution in [0.1, 0.15) is 33.3 Å². The molecule has 1 aromatic carbocycles. The third kappa shape index (κ3) is 3.82. The quantitative estimate of drug-likeness (QED) is 0.574. The highest BCUT2D eigenvalue weighted by Crippen LogP contribution is 2.19. The number of hydrogen-bond donors (Lipinski definition) is 2. The van der Waals surface area contributed by atoms with Crippen molar-refractivity contribution in [2.24, 2.45) is 0 Å². The number of hydrogen-bond acceptors (Lipinski definition) is 6. The molecule has 0 saturated carbocycles. The molecule has 0 unspecified atom stereocenters. The van der Waals surface area contributed by atoms with Gasteiger partial charge in [0.05, 0.1) is 24.4 Å². The van der Waals surface area contributed by atoms with Crippen LogP contribution in [0.2, 0.25) is 0 Å². The Balaban J connectivity index is 2.17. The fourth-order valence-electron chi connectivity index (χ4n) is 2.30. The summed E-state index contributed by atoms with van der Waals surface area (Å²) in [7, 11) is 0. The third-order valence-corrected chi connectivity index (χ3v) is 3.49. The Morgan fingerprint density at radius 1 is 1.28 bits per heavy atom. The first kappa shape index (κ1) is 18.5. The second kappa shape index (κ2) is 7.84. The first-order valence-electron chi connectivity index (χ1n) is 7.51. The second-order valence-electron chi connectivity index (χ2n) is 5.10. The van der Waals surface area contributed by atoms with E-state index in [-0.39, 0.29) is 24.5 Å². The number of esters is 1. The summed E-state index contributed by atoms with van der Waals surface area (Å²) in [6.45, 7) is 0.756. The minimum Gasteiger partial charge on any atom is -0.454 e. The third-order valence-electron chi connectivity index (χ3n) is 3.49. The maximum atomic E-state index is 13.6. The summed E-state index contributed by atoms with van der Waals surface area (Å²) in [6.07, 6.45) is 0.364. The van der Waals surface area contributed by atoms with Crippen LogP contribution in [0.5, 0.6) is 0 Å². The van der Waals surface area contributed by atoms with Crippen molar-refractivity contribution in [1.82, 2.24) is 9.78 Å². The fraction of sp³-hybridized carbons (Fsp3) is 0.312. The van der Waals surface area contributed by atoms with Gasteiger partial charge in [-0.15, -0.1) is 0 Å². The molecule has 134 valence electrons. The Hall–Kier alpha value is -2.81. The van der Waals surface area contributed by atoms with Gasteiger partial charge in [0.25, 0.3) is 0 Å². The van der Waals surface area contributed by atoms with Gasteiger partial charge in [0.15, 0.2) is 6.61 Å². The van der Waals surface area contributed by atoms with E-state index in [2.05, 4.69) is 5.10 Å². The van der Waals surface area contributed by atoms with E-state index in [0.29, 0.717) is 12.1 Å². The molecule has 0 amide bonds. The number of aromatic nitrogens is 2. The average Bonchev–Trinajstić information content (AvgIpc) is 2.89. The second-order valence-corrected chi connectivity index (χ2v) is 5.10. The van der Waals surface area contributed by atoms with Crippen molar-refractivity contribution < 1.29 is 28.2 Å². The van der Waals surface area contributed by atoms with Crippen molar-refractivity contribution in [2.45, 2.75) is 19.9 Å². The summed E-state index contributed by atoms with van der Waals surface area (Å²) in [6, 6.07) is 2.99. The number of carbonyl (C=O) groups is 2. The molecule has 0 spiro atoms. The minimum atomic E-state index is -1.04. The number of rotatable bonds is 7. The molecule has 9 heteroatoms. The molecule has 0 bridgehead atoms. The van der Waals surface area contributed by atoms with E-state index < -0.39 is 35.6 Å². The number of benzene rings is 1. The Bertz CT molecular complexity index is 785. The summed E-state index contributed by atoms with van der Waals surface area (Å²) in [5, 5.41) is 13.0. The summed E-state index contributed by atoms with van der Waals surface area (Å²) in [5.41, 5.74) is 5.35. The number of carbonyl (C=O) groups excluding carboxylic acids is 2. The molecule has 7 nitrogen and oxygen atoms in total. The summed E-state index contributed by atoms with van der Waals surface area (Å²) >= 11 is 0. The van der Waals surface area contributed by atoms with Crippen molar-refractivity contribution in [2.75, 3.05) is 18.9 Å². The first-order chi connectivity index (χ1) is 11.9. The van der Waals surface area contributed by atoms with Crippen LogP contribution >= 0.6 is 0 Å². The lowest BCUT2D eigenvalue weighted by Crippen LogP contribution is -2.18. The highest BCUT2D eigenvalue weighted by molar-refractivity contribution is 6.01. The number of aliphatic hydroxyl groups is 1. The smallest absolute Gasteiger partial charge is 0.344 e. The number of aliphatic hydroxyl groups excluding tert-OH is 1. The number of aryl methyl sites for hydroxylation is 1. The van der Waals surface area contributed by atoms with Gasteiger partial charge in [-0.1, -0.05) is 13.0 Å². The SMILES string of the molecule is CCc1nn(CCO)c(N)c1C(=O)OCC(=O)c1c(F)cccc1F. The molecule has 0 atom stereocenters. The highest BCUT2D eigenvalue weighted by atomic mass is 19.1. The molecule has 0 aliphatic rings. The van der Waals surface area contributed by atoms with E-state index >= 15 is 0 Å². The van der Waals surface area contributed by atoms with Crippen LogP contribution in [0.15, 0.2) is 18.2 Å². The largest absolute Gasteiger partial charge is 0.454 e. The Kier molecular flexibility index (Phi) is 5.81. The predicted octanol–water partition coefficient (Wildman–Crippen LogP) is 1.34. The van der Waals surface area contributed by atoms with Crippen molar-refractivity contribution in [3.8, 4) is 0 Å². The molecule has 0 aliphatic heterocycles. The number of halogens is 2. The maximum Gasteiger partial charge on any atom is 0.344 e. The normalized spacial score (nSPS) is 10.7. The van der Waals surface area contributed by atoms with Gasteiger partial charge in [-0.3, -0.25) is 4.79 Å². The number of nitrogen functional groups attached to an aromatic ring is 1. The first-order valence-corrected chi connectivity index (χ1v) is 7.51. The average molecular weight is 353 g/mol. The zero-order valence-electron chi connectivity index (χ0n) is 13.5. The van der Waals surface area contributed by atoms with E-state index in [9.17, 15) is 18.4 Å². The van der Waals surface area contributed by atoms with E-state index in [1.165, 1.54) is 4.68 Å². The lowest BCUT2D eigenvalue weighted by Gasteiger charge is -2.07. The van der Waals surface area contributed by atoms with E-state index in [4.69, 9.17) is 15.6 Å². The zero-order valence-corrected chi connectivity index (χ0v) is 13.5. The summed E-state index contributed by atoms with van der Waals surface area (Å²) in [5.74, 6) is -4.02. The highest BCUT2D eigenvalue weighted by Gasteiger charge is 2.24. The van der Waals surface area contributed by atoms with Gasteiger partial charge >= 0.3 is 5.97 Å². The van der Waals surface area contributed by atoms with E-state index in [1.807, 2.05) is 0 Å². The molecule has 0 aliphatic carbocycles. The predicted molar refractivity (Wildman–Crippen MR) is 84.1 cm³/mol. The lowest BCUT2D eigenvalue weighted by molar-refractivity contribution is 0.0472. The lowest BCUT2D eigenvalue weighted by atomic mass is 10.1. The number of ketones is 1. The summed E-state index contributed by atoms with van der Waals surface area (Å²) < 4.78 is 33.2. The van der Waals surface area contributed by atoms with E-state index in [1.54, 1.807) is 6.92 Å². The van der Waals surface area contributed by atoms with Crippen LogP contribution in [-0.4, -0.2) is 39.9 Å². The van der Waals surface area contributed by atoms with Crippen LogP contribution in [0.4, 0.5) is 14.6 Å². The van der Waals surface area contributed by atoms with Crippen molar-refractivity contribution in [3.63, 3.8) is 0 Å². The van der Waals surface area contributed by atoms with E-state index in [0.717, 1.165) is 18.2 Å². The fourth-order valence-corrected chi connectivity index (χ4v) is 2.30. The molecule has 1 aromatic heterocycles. The minimum absolute atomic E-state index is 0.0135. The molecular formula is C16H17F2N3O4. The maximum absolute atomic E-state index is 13.6. The molecule has 2 aromatic rings. The molecular weight excluding hydrogens is 336 g/mol. The molecule has 25 heavy (non-hydrogen) atoms. The van der Waals surface area contributed by atoms with Crippen molar-refractivity contribution >= 4 is 17.6 Å². The van der Waals surface area contributed by atoms with Crippen molar-refractivity contribution in [1.29, 1.82) is 0 Å². The van der Waals surface area contributed by atoms with Gasteiger partial charge in [-0.2, -0.15) is 5.10 Å². The monoisotopic (exact) mass is 353 g/mol. The molecule has 3 N–H and O–H groups in total. The number of nitrogens with two attached hydrogens (primary N) is 1.